The van der Waals surface area contributed by atoms with Crippen molar-refractivity contribution >= 4 is 22.6 Å². The highest BCUT2D eigenvalue weighted by Gasteiger charge is 2.48. The first-order chi connectivity index (χ1) is 16.8. The van der Waals surface area contributed by atoms with Gasteiger partial charge in [-0.2, -0.15) is 0 Å². The van der Waals surface area contributed by atoms with Crippen molar-refractivity contribution in [3.63, 3.8) is 0 Å². The maximum atomic E-state index is 6.52. The summed E-state index contributed by atoms with van der Waals surface area (Å²) in [4.78, 5) is 0. The van der Waals surface area contributed by atoms with Gasteiger partial charge in [-0.15, -0.1) is 0 Å². The molecule has 0 aromatic heterocycles. The topological polar surface area (TPSA) is 46.2 Å². The fraction of sp³-hybridized carbons (Fsp3) is 0.357. The van der Waals surface area contributed by atoms with Gasteiger partial charge in [0.1, 0.15) is 18.3 Å². The summed E-state index contributed by atoms with van der Waals surface area (Å²) in [7, 11) is 1.65. The second-order valence-electron chi connectivity index (χ2n) is 8.22. The van der Waals surface area contributed by atoms with Crippen LogP contribution in [0.2, 0.25) is 0 Å². The smallest absolute Gasteiger partial charge is 0.186 e. The van der Waals surface area contributed by atoms with E-state index in [2.05, 4.69) is 46.9 Å². The minimum absolute atomic E-state index is 0.188. The molecule has 5 unspecified atom stereocenters. The van der Waals surface area contributed by atoms with Crippen LogP contribution in [0.15, 0.2) is 91.0 Å². The number of alkyl halides is 1. The lowest BCUT2D eigenvalue weighted by molar-refractivity contribution is -0.313. The predicted octanol–water partition coefficient (Wildman–Crippen LogP) is 5.55. The van der Waals surface area contributed by atoms with Crippen LogP contribution >= 0.6 is 22.6 Å². The summed E-state index contributed by atoms with van der Waals surface area (Å²) in [6, 6.07) is 30.4. The summed E-state index contributed by atoms with van der Waals surface area (Å²) in [6.07, 6.45) is -1.87. The van der Waals surface area contributed by atoms with E-state index in [9.17, 15) is 0 Å². The average molecular weight is 574 g/mol. The molecule has 3 aromatic carbocycles. The predicted molar refractivity (Wildman–Crippen MR) is 140 cm³/mol. The van der Waals surface area contributed by atoms with Crippen molar-refractivity contribution < 1.29 is 23.7 Å². The largest absolute Gasteiger partial charge is 0.368 e. The lowest BCUT2D eigenvalue weighted by Crippen LogP contribution is -2.61. The lowest BCUT2D eigenvalue weighted by Gasteiger charge is -2.45. The summed E-state index contributed by atoms with van der Waals surface area (Å²) >= 11 is 2.33. The zero-order chi connectivity index (χ0) is 23.6. The highest BCUT2D eigenvalue weighted by atomic mass is 127. The lowest BCUT2D eigenvalue weighted by atomic mass is 9.98. The Morgan fingerprint density at radius 2 is 1.03 bits per heavy atom. The Hall–Kier alpha value is -1.81. The van der Waals surface area contributed by atoms with E-state index in [0.717, 1.165) is 21.1 Å². The zero-order valence-corrected chi connectivity index (χ0v) is 21.5. The second-order valence-corrected chi connectivity index (χ2v) is 9.10. The molecule has 0 spiro atoms. The number of benzene rings is 3. The highest BCUT2D eigenvalue weighted by Crippen LogP contribution is 2.31. The van der Waals surface area contributed by atoms with Gasteiger partial charge in [0.05, 0.1) is 25.9 Å². The first kappa shape index (κ1) is 25.3. The van der Waals surface area contributed by atoms with Crippen LogP contribution in [0.4, 0.5) is 0 Å². The summed E-state index contributed by atoms with van der Waals surface area (Å²) in [6.45, 7) is 1.35. The summed E-state index contributed by atoms with van der Waals surface area (Å²) in [5, 5.41) is 0. The monoisotopic (exact) mass is 574 g/mol. The SMILES string of the molecule is COC1OC(CI)C(OCc2ccccc2)C(OCc2ccccc2)C1OCc1ccccc1. The van der Waals surface area contributed by atoms with E-state index in [-0.39, 0.29) is 18.3 Å². The number of halogens is 1. The maximum absolute atomic E-state index is 6.52. The van der Waals surface area contributed by atoms with E-state index in [4.69, 9.17) is 23.7 Å². The first-order valence-electron chi connectivity index (χ1n) is 11.5. The van der Waals surface area contributed by atoms with E-state index < -0.39 is 12.4 Å². The number of hydrogen-bond acceptors (Lipinski definition) is 5. The average Bonchev–Trinajstić information content (AvgIpc) is 2.91. The summed E-state index contributed by atoms with van der Waals surface area (Å²) < 4.78 is 32.2. The first-order valence-corrected chi connectivity index (χ1v) is 13.0. The van der Waals surface area contributed by atoms with E-state index in [1.807, 2.05) is 66.7 Å². The summed E-state index contributed by atoms with van der Waals surface area (Å²) in [5.41, 5.74) is 3.28. The Morgan fingerprint density at radius 3 is 1.44 bits per heavy atom. The minimum Gasteiger partial charge on any atom is -0.368 e. The molecule has 1 fully saturated rings. The van der Waals surface area contributed by atoms with Crippen molar-refractivity contribution in [3.05, 3.63) is 108 Å². The van der Waals surface area contributed by atoms with Crippen molar-refractivity contribution in [2.45, 2.75) is 50.5 Å². The van der Waals surface area contributed by atoms with Crippen LogP contribution in [-0.2, 0) is 43.5 Å². The molecule has 1 aliphatic heterocycles. The van der Waals surface area contributed by atoms with Crippen LogP contribution in [0.3, 0.4) is 0 Å². The molecule has 0 radical (unpaired) electrons. The molecule has 5 atom stereocenters. The molecule has 0 amide bonds. The van der Waals surface area contributed by atoms with Crippen LogP contribution in [0.1, 0.15) is 16.7 Å². The van der Waals surface area contributed by atoms with Crippen LogP contribution in [0.5, 0.6) is 0 Å². The van der Waals surface area contributed by atoms with Crippen LogP contribution in [-0.4, -0.2) is 42.2 Å². The van der Waals surface area contributed by atoms with Crippen molar-refractivity contribution in [3.8, 4) is 0 Å². The van der Waals surface area contributed by atoms with Crippen molar-refractivity contribution in [2.24, 2.45) is 0 Å². The summed E-state index contributed by atoms with van der Waals surface area (Å²) in [5.74, 6) is 0. The molecule has 3 aromatic rings. The fourth-order valence-electron chi connectivity index (χ4n) is 4.06. The molecule has 4 rings (SSSR count). The van der Waals surface area contributed by atoms with E-state index in [0.29, 0.717) is 19.8 Å². The van der Waals surface area contributed by atoms with Crippen molar-refractivity contribution in [2.75, 3.05) is 11.5 Å². The fourth-order valence-corrected chi connectivity index (χ4v) is 4.77. The number of rotatable bonds is 11. The van der Waals surface area contributed by atoms with Crippen molar-refractivity contribution in [1.82, 2.24) is 0 Å². The Kier molecular flexibility index (Phi) is 9.91. The Balaban J connectivity index is 1.56. The molecule has 180 valence electrons. The molecule has 6 heteroatoms. The molecule has 5 nitrogen and oxygen atoms in total. The zero-order valence-electron chi connectivity index (χ0n) is 19.3. The van der Waals surface area contributed by atoms with E-state index in [1.165, 1.54) is 0 Å². The van der Waals surface area contributed by atoms with Gasteiger partial charge in [-0.3, -0.25) is 0 Å². The molecule has 0 N–H and O–H groups in total. The minimum atomic E-state index is -0.555. The van der Waals surface area contributed by atoms with E-state index in [1.54, 1.807) is 7.11 Å². The molecular weight excluding hydrogens is 543 g/mol. The molecule has 1 heterocycles. The molecule has 0 bridgehead atoms. The third-order valence-electron chi connectivity index (χ3n) is 5.83. The van der Waals surface area contributed by atoms with Gasteiger partial charge in [0.25, 0.3) is 0 Å². The quantitative estimate of drug-likeness (QED) is 0.222. The van der Waals surface area contributed by atoms with E-state index >= 15 is 0 Å². The third-order valence-corrected chi connectivity index (χ3v) is 6.70. The van der Waals surface area contributed by atoms with Crippen LogP contribution < -0.4 is 0 Å². The molecule has 0 aliphatic carbocycles. The third kappa shape index (κ3) is 6.87. The Bertz CT molecular complexity index is 899. The van der Waals surface area contributed by atoms with Gasteiger partial charge in [0, 0.05) is 11.5 Å². The number of methoxy groups -OCH3 is 1. The second kappa shape index (κ2) is 13.3. The number of ether oxygens (including phenoxy) is 5. The molecule has 1 saturated heterocycles. The maximum Gasteiger partial charge on any atom is 0.186 e. The van der Waals surface area contributed by atoms with Gasteiger partial charge in [0.2, 0.25) is 0 Å². The number of hydrogen-bond donors (Lipinski definition) is 0. The van der Waals surface area contributed by atoms with Gasteiger partial charge < -0.3 is 23.7 Å². The van der Waals surface area contributed by atoms with Gasteiger partial charge in [-0.05, 0) is 16.7 Å². The molecule has 1 aliphatic rings. The highest BCUT2D eigenvalue weighted by molar-refractivity contribution is 14.1. The van der Waals surface area contributed by atoms with Gasteiger partial charge in [-0.1, -0.05) is 114 Å². The van der Waals surface area contributed by atoms with Gasteiger partial charge >= 0.3 is 0 Å². The van der Waals surface area contributed by atoms with Gasteiger partial charge in [0.15, 0.2) is 6.29 Å². The Morgan fingerprint density at radius 1 is 0.618 bits per heavy atom. The molecular formula is C28H31IO5. The molecule has 34 heavy (non-hydrogen) atoms. The van der Waals surface area contributed by atoms with Crippen LogP contribution in [0.25, 0.3) is 0 Å². The van der Waals surface area contributed by atoms with Crippen molar-refractivity contribution in [1.29, 1.82) is 0 Å². The molecule has 0 saturated carbocycles. The standard InChI is InChI=1S/C28H31IO5/c1-30-28-27(33-20-23-15-9-4-10-16-23)26(32-19-22-13-7-3-8-14-22)25(24(17-29)34-28)31-18-21-11-5-2-6-12-21/h2-16,24-28H,17-20H2,1H3. The van der Waals surface area contributed by atoms with Gasteiger partial charge in [-0.25, -0.2) is 0 Å². The Labute approximate surface area is 215 Å². The van der Waals surface area contributed by atoms with Crippen LogP contribution in [0, 0.1) is 0 Å². The normalized spacial score (nSPS) is 24.7.